The summed E-state index contributed by atoms with van der Waals surface area (Å²) in [7, 11) is -3.71. The van der Waals surface area contributed by atoms with Gasteiger partial charge in [0.25, 0.3) is 5.91 Å². The zero-order chi connectivity index (χ0) is 17.0. The molecular weight excluding hydrogens is 324 g/mol. The van der Waals surface area contributed by atoms with Gasteiger partial charge in [0.1, 0.15) is 0 Å². The fourth-order valence-corrected chi connectivity index (χ4v) is 3.57. The molecule has 1 saturated heterocycles. The number of carbonyl (C=O) groups excluding carboxylic acids is 2. The number of ether oxygens (including phenoxy) is 2. The Morgan fingerprint density at radius 3 is 2.57 bits per heavy atom. The van der Waals surface area contributed by atoms with E-state index in [-0.39, 0.29) is 23.5 Å². The lowest BCUT2D eigenvalue weighted by atomic mass is 10.1. The quantitative estimate of drug-likeness (QED) is 0.732. The van der Waals surface area contributed by atoms with Crippen molar-refractivity contribution in [3.63, 3.8) is 0 Å². The molecule has 126 valence electrons. The van der Waals surface area contributed by atoms with Gasteiger partial charge in [0.05, 0.1) is 23.7 Å². The standard InChI is InChI=1S/C14H18N2O6S/c1-10-2-3-11(8-12(10)14(18)22-9-13(15)17)23(19,20)16-4-6-21-7-5-16/h2-3,8H,4-7,9H2,1H3,(H2,15,17). The normalized spacial score (nSPS) is 16.0. The van der Waals surface area contributed by atoms with Crippen molar-refractivity contribution in [1.29, 1.82) is 0 Å². The minimum atomic E-state index is -3.71. The molecule has 1 aromatic carbocycles. The number of morpholine rings is 1. The smallest absolute Gasteiger partial charge is 0.338 e. The summed E-state index contributed by atoms with van der Waals surface area (Å²) in [6, 6.07) is 4.21. The van der Waals surface area contributed by atoms with E-state index in [4.69, 9.17) is 15.2 Å². The van der Waals surface area contributed by atoms with Crippen LogP contribution in [0.3, 0.4) is 0 Å². The van der Waals surface area contributed by atoms with Crippen molar-refractivity contribution in [2.24, 2.45) is 5.73 Å². The van der Waals surface area contributed by atoms with Crippen molar-refractivity contribution in [1.82, 2.24) is 4.31 Å². The molecule has 1 aromatic rings. The van der Waals surface area contributed by atoms with Gasteiger partial charge in [0.2, 0.25) is 10.0 Å². The Bertz CT molecular complexity index is 710. The van der Waals surface area contributed by atoms with Crippen molar-refractivity contribution < 1.29 is 27.5 Å². The predicted octanol–water partition coefficient (Wildman–Crippen LogP) is -0.342. The molecule has 2 N–H and O–H groups in total. The average Bonchev–Trinajstić information content (AvgIpc) is 2.53. The Morgan fingerprint density at radius 1 is 1.30 bits per heavy atom. The molecule has 0 saturated carbocycles. The van der Waals surface area contributed by atoms with Crippen LogP contribution in [-0.2, 0) is 24.3 Å². The number of carbonyl (C=O) groups is 2. The fourth-order valence-electron chi connectivity index (χ4n) is 2.13. The first-order chi connectivity index (χ1) is 10.8. The highest BCUT2D eigenvalue weighted by Gasteiger charge is 2.27. The minimum Gasteiger partial charge on any atom is -0.452 e. The summed E-state index contributed by atoms with van der Waals surface area (Å²) in [5, 5.41) is 0. The molecule has 2 rings (SSSR count). The number of sulfonamides is 1. The lowest BCUT2D eigenvalue weighted by Crippen LogP contribution is -2.40. The van der Waals surface area contributed by atoms with Crippen LogP contribution in [-0.4, -0.2) is 57.5 Å². The van der Waals surface area contributed by atoms with Gasteiger partial charge in [-0.3, -0.25) is 4.79 Å². The lowest BCUT2D eigenvalue weighted by molar-refractivity contribution is -0.121. The lowest BCUT2D eigenvalue weighted by Gasteiger charge is -2.26. The first-order valence-corrected chi connectivity index (χ1v) is 8.40. The van der Waals surface area contributed by atoms with E-state index in [0.717, 1.165) is 0 Å². The number of benzene rings is 1. The van der Waals surface area contributed by atoms with Gasteiger partial charge in [0, 0.05) is 13.1 Å². The third-order valence-electron chi connectivity index (χ3n) is 3.38. The Morgan fingerprint density at radius 2 is 1.96 bits per heavy atom. The second-order valence-electron chi connectivity index (χ2n) is 5.04. The molecule has 0 atom stereocenters. The second-order valence-corrected chi connectivity index (χ2v) is 6.97. The topological polar surface area (TPSA) is 116 Å². The Labute approximate surface area is 134 Å². The molecule has 0 aromatic heterocycles. The van der Waals surface area contributed by atoms with Gasteiger partial charge in [-0.1, -0.05) is 6.07 Å². The summed E-state index contributed by atoms with van der Waals surface area (Å²) in [6.45, 7) is 2.28. The summed E-state index contributed by atoms with van der Waals surface area (Å²) < 4.78 is 36.4. The molecule has 0 radical (unpaired) electrons. The highest BCUT2D eigenvalue weighted by molar-refractivity contribution is 7.89. The van der Waals surface area contributed by atoms with Gasteiger partial charge in [-0.25, -0.2) is 13.2 Å². The van der Waals surface area contributed by atoms with Crippen molar-refractivity contribution in [3.8, 4) is 0 Å². The molecule has 1 aliphatic heterocycles. The number of nitrogens with two attached hydrogens (primary N) is 1. The van der Waals surface area contributed by atoms with Crippen LogP contribution >= 0.6 is 0 Å². The highest BCUT2D eigenvalue weighted by Crippen LogP contribution is 2.21. The van der Waals surface area contributed by atoms with Crippen LogP contribution in [0.5, 0.6) is 0 Å². The van der Waals surface area contributed by atoms with Crippen molar-refractivity contribution in [2.75, 3.05) is 32.9 Å². The van der Waals surface area contributed by atoms with Crippen LogP contribution in [0, 0.1) is 6.92 Å². The maximum atomic E-state index is 12.6. The van der Waals surface area contributed by atoms with Gasteiger partial charge >= 0.3 is 5.97 Å². The average molecular weight is 342 g/mol. The summed E-state index contributed by atoms with van der Waals surface area (Å²) in [5.41, 5.74) is 5.55. The van der Waals surface area contributed by atoms with E-state index in [1.54, 1.807) is 6.92 Å². The number of hydrogen-bond donors (Lipinski definition) is 1. The van der Waals surface area contributed by atoms with Gasteiger partial charge in [0.15, 0.2) is 6.61 Å². The predicted molar refractivity (Wildman–Crippen MR) is 80.2 cm³/mol. The van der Waals surface area contributed by atoms with Crippen LogP contribution in [0.15, 0.2) is 23.1 Å². The maximum absolute atomic E-state index is 12.6. The monoisotopic (exact) mass is 342 g/mol. The summed E-state index contributed by atoms with van der Waals surface area (Å²) in [4.78, 5) is 22.6. The summed E-state index contributed by atoms with van der Waals surface area (Å²) in [6.07, 6.45) is 0. The molecule has 0 aliphatic carbocycles. The molecule has 1 heterocycles. The Kier molecular flexibility index (Phi) is 5.34. The van der Waals surface area contributed by atoms with E-state index in [1.807, 2.05) is 0 Å². The van der Waals surface area contributed by atoms with Crippen LogP contribution in [0.25, 0.3) is 0 Å². The molecule has 9 heteroatoms. The largest absolute Gasteiger partial charge is 0.452 e. The molecule has 1 fully saturated rings. The summed E-state index contributed by atoms with van der Waals surface area (Å²) >= 11 is 0. The van der Waals surface area contributed by atoms with E-state index in [2.05, 4.69) is 0 Å². The fraction of sp³-hybridized carbons (Fsp3) is 0.429. The maximum Gasteiger partial charge on any atom is 0.338 e. The van der Waals surface area contributed by atoms with E-state index in [9.17, 15) is 18.0 Å². The molecular formula is C14H18N2O6S. The van der Waals surface area contributed by atoms with Crippen molar-refractivity contribution in [3.05, 3.63) is 29.3 Å². The van der Waals surface area contributed by atoms with Gasteiger partial charge < -0.3 is 15.2 Å². The SMILES string of the molecule is Cc1ccc(S(=O)(=O)N2CCOCC2)cc1C(=O)OCC(N)=O. The third-order valence-corrected chi connectivity index (χ3v) is 5.28. The van der Waals surface area contributed by atoms with Crippen molar-refractivity contribution >= 4 is 21.9 Å². The minimum absolute atomic E-state index is 0.00368. The molecule has 0 bridgehead atoms. The number of amides is 1. The van der Waals surface area contributed by atoms with Crippen LogP contribution in [0.2, 0.25) is 0 Å². The first-order valence-electron chi connectivity index (χ1n) is 6.96. The van der Waals surface area contributed by atoms with E-state index in [0.29, 0.717) is 18.8 Å². The number of esters is 1. The number of hydrogen-bond acceptors (Lipinski definition) is 6. The van der Waals surface area contributed by atoms with E-state index < -0.39 is 28.5 Å². The Hall–Kier alpha value is -1.97. The molecule has 1 aliphatic rings. The van der Waals surface area contributed by atoms with Gasteiger partial charge in [-0.2, -0.15) is 4.31 Å². The highest BCUT2D eigenvalue weighted by atomic mass is 32.2. The van der Waals surface area contributed by atoms with Gasteiger partial charge in [-0.15, -0.1) is 0 Å². The number of nitrogens with zero attached hydrogens (tertiary/aromatic N) is 1. The molecule has 1 amide bonds. The van der Waals surface area contributed by atoms with E-state index >= 15 is 0 Å². The summed E-state index contributed by atoms with van der Waals surface area (Å²) in [5.74, 6) is -1.58. The molecule has 0 unspecified atom stereocenters. The molecule has 0 spiro atoms. The van der Waals surface area contributed by atoms with Crippen molar-refractivity contribution in [2.45, 2.75) is 11.8 Å². The zero-order valence-electron chi connectivity index (χ0n) is 12.6. The van der Waals surface area contributed by atoms with Crippen LogP contribution < -0.4 is 5.73 Å². The molecule has 23 heavy (non-hydrogen) atoms. The number of primary amides is 1. The van der Waals surface area contributed by atoms with Crippen LogP contribution in [0.1, 0.15) is 15.9 Å². The van der Waals surface area contributed by atoms with Crippen LogP contribution in [0.4, 0.5) is 0 Å². The number of aryl methyl sites for hydroxylation is 1. The van der Waals surface area contributed by atoms with Gasteiger partial charge in [-0.05, 0) is 24.6 Å². The zero-order valence-corrected chi connectivity index (χ0v) is 13.5. The first kappa shape index (κ1) is 17.4. The second kappa shape index (κ2) is 7.07. The third kappa shape index (κ3) is 4.06. The molecule has 8 nitrogen and oxygen atoms in total. The Balaban J connectivity index is 2.28. The van der Waals surface area contributed by atoms with E-state index in [1.165, 1.54) is 22.5 Å². The number of rotatable bonds is 5.